The molecule has 0 saturated heterocycles. The number of rotatable bonds is 15. The van der Waals surface area contributed by atoms with Crippen molar-refractivity contribution in [1.29, 1.82) is 0 Å². The number of nitrogens with zero attached hydrogens (tertiary/aromatic N) is 3. The molecule has 0 radical (unpaired) electrons. The van der Waals surface area contributed by atoms with Gasteiger partial charge in [0, 0.05) is 41.8 Å². The van der Waals surface area contributed by atoms with Crippen LogP contribution in [0.4, 0.5) is 9.59 Å². The van der Waals surface area contributed by atoms with Gasteiger partial charge in [0.25, 0.3) is 0 Å². The van der Waals surface area contributed by atoms with Crippen LogP contribution in [0.3, 0.4) is 0 Å². The van der Waals surface area contributed by atoms with Crippen molar-refractivity contribution in [2.75, 3.05) is 6.54 Å². The van der Waals surface area contributed by atoms with Gasteiger partial charge in [0.1, 0.15) is 6.04 Å². The Kier molecular flexibility index (Phi) is 11.9. The second-order valence-electron chi connectivity index (χ2n) is 9.78. The minimum atomic E-state index is -0.988. The van der Waals surface area contributed by atoms with Crippen molar-refractivity contribution in [3.05, 3.63) is 111 Å². The third kappa shape index (κ3) is 10.0. The van der Waals surface area contributed by atoms with Gasteiger partial charge in [-0.05, 0) is 59.3 Å². The van der Waals surface area contributed by atoms with Gasteiger partial charge >= 0.3 is 12.1 Å². The fourth-order valence-corrected chi connectivity index (χ4v) is 5.90. The molecule has 220 valence electrons. The number of unbranched alkanes of at least 4 members (excludes halogenated alkanes) is 1. The number of hydrogen-bond acceptors (Lipinski definition) is 6. The van der Waals surface area contributed by atoms with Gasteiger partial charge in [0.05, 0.1) is 13.1 Å². The summed E-state index contributed by atoms with van der Waals surface area (Å²) in [4.78, 5) is 48.1. The summed E-state index contributed by atoms with van der Waals surface area (Å²) in [5.41, 5.74) is 1.76. The van der Waals surface area contributed by atoms with Crippen molar-refractivity contribution in [2.45, 2.75) is 51.5 Å². The molecular formula is C31H35N5O4S2. The molecule has 0 unspecified atom stereocenters. The van der Waals surface area contributed by atoms with Crippen LogP contribution in [0.5, 0.6) is 0 Å². The fourth-order valence-electron chi connectivity index (χ4n) is 4.46. The van der Waals surface area contributed by atoms with E-state index >= 15 is 0 Å². The lowest BCUT2D eigenvalue weighted by Gasteiger charge is -2.28. The molecule has 42 heavy (non-hydrogen) atoms. The summed E-state index contributed by atoms with van der Waals surface area (Å²) in [6.45, 7) is 1.78. The van der Waals surface area contributed by atoms with E-state index in [0.29, 0.717) is 45.4 Å². The van der Waals surface area contributed by atoms with Gasteiger partial charge in [-0.2, -0.15) is 0 Å². The number of pyridine rings is 1. The van der Waals surface area contributed by atoms with E-state index in [4.69, 9.17) is 0 Å². The Morgan fingerprint density at radius 1 is 0.810 bits per heavy atom. The molecule has 3 heterocycles. The van der Waals surface area contributed by atoms with Crippen LogP contribution < -0.4 is 10.6 Å². The largest absolute Gasteiger partial charge is 0.465 e. The molecule has 4 amide bonds. The van der Waals surface area contributed by atoms with E-state index in [1.165, 1.54) is 4.90 Å². The second-order valence-corrected chi connectivity index (χ2v) is 11.8. The van der Waals surface area contributed by atoms with Crippen molar-refractivity contribution >= 4 is 40.7 Å². The number of benzene rings is 1. The number of carbonyl (C=O) groups excluding carboxylic acids is 2. The van der Waals surface area contributed by atoms with Crippen LogP contribution in [0.15, 0.2) is 89.9 Å². The zero-order valence-electron chi connectivity index (χ0n) is 23.2. The lowest BCUT2D eigenvalue weighted by Crippen LogP contribution is -2.50. The molecule has 0 aliphatic rings. The van der Waals surface area contributed by atoms with E-state index in [9.17, 15) is 19.5 Å². The first kappa shape index (κ1) is 30.7. The Balaban J connectivity index is 1.41. The molecule has 0 saturated carbocycles. The summed E-state index contributed by atoms with van der Waals surface area (Å²) in [5.74, 6) is -0.173. The maximum absolute atomic E-state index is 14.0. The molecule has 0 aliphatic heterocycles. The third-order valence-corrected chi connectivity index (χ3v) is 8.32. The Morgan fingerprint density at radius 2 is 1.50 bits per heavy atom. The van der Waals surface area contributed by atoms with Gasteiger partial charge < -0.3 is 25.5 Å². The Bertz CT molecular complexity index is 1330. The molecule has 1 atom stereocenters. The third-order valence-electron chi connectivity index (χ3n) is 6.60. The molecule has 9 nitrogen and oxygen atoms in total. The summed E-state index contributed by atoms with van der Waals surface area (Å²) in [7, 11) is 0. The monoisotopic (exact) mass is 605 g/mol. The van der Waals surface area contributed by atoms with E-state index in [-0.39, 0.29) is 12.5 Å². The average molecular weight is 606 g/mol. The number of nitrogens with one attached hydrogen (secondary N) is 2. The molecular weight excluding hydrogens is 571 g/mol. The molecule has 4 rings (SSSR count). The highest BCUT2D eigenvalue weighted by molar-refractivity contribution is 7.10. The van der Waals surface area contributed by atoms with Crippen LogP contribution in [-0.2, 0) is 31.0 Å². The van der Waals surface area contributed by atoms with Gasteiger partial charge in [-0.15, -0.1) is 22.7 Å². The molecule has 0 spiro atoms. The zero-order valence-corrected chi connectivity index (χ0v) is 24.9. The van der Waals surface area contributed by atoms with Crippen molar-refractivity contribution < 1.29 is 19.5 Å². The summed E-state index contributed by atoms with van der Waals surface area (Å²) >= 11 is 3.17. The average Bonchev–Trinajstić information content (AvgIpc) is 3.72. The normalized spacial score (nSPS) is 11.4. The summed E-state index contributed by atoms with van der Waals surface area (Å²) < 4.78 is 0. The second kappa shape index (κ2) is 16.3. The quantitative estimate of drug-likeness (QED) is 0.145. The predicted octanol–water partition coefficient (Wildman–Crippen LogP) is 5.95. The number of thiophene rings is 2. The fraction of sp³-hybridized carbons (Fsp3) is 0.290. The van der Waals surface area contributed by atoms with E-state index in [1.807, 2.05) is 71.4 Å². The molecule has 4 aromatic rings. The molecule has 0 aliphatic carbocycles. The minimum Gasteiger partial charge on any atom is -0.465 e. The van der Waals surface area contributed by atoms with Crippen molar-refractivity contribution in [3.63, 3.8) is 0 Å². The topological polar surface area (TPSA) is 115 Å². The number of aromatic nitrogens is 1. The first-order chi connectivity index (χ1) is 20.5. The summed E-state index contributed by atoms with van der Waals surface area (Å²) in [5, 5.41) is 19.4. The number of amides is 4. The van der Waals surface area contributed by atoms with Gasteiger partial charge in [-0.25, -0.2) is 9.59 Å². The Hall–Kier alpha value is -4.22. The Labute approximate surface area is 253 Å². The highest BCUT2D eigenvalue weighted by Crippen LogP contribution is 2.19. The van der Waals surface area contributed by atoms with E-state index in [1.54, 1.807) is 46.0 Å². The highest BCUT2D eigenvalue weighted by Gasteiger charge is 2.27. The van der Waals surface area contributed by atoms with Crippen LogP contribution in [0.25, 0.3) is 0 Å². The molecule has 3 aromatic heterocycles. The maximum atomic E-state index is 14.0. The molecule has 0 fully saturated rings. The van der Waals surface area contributed by atoms with Crippen LogP contribution in [-0.4, -0.2) is 50.5 Å². The molecule has 0 bridgehead atoms. The summed E-state index contributed by atoms with van der Waals surface area (Å²) in [6.07, 6.45) is 3.85. The van der Waals surface area contributed by atoms with Gasteiger partial charge in [0.2, 0.25) is 5.91 Å². The van der Waals surface area contributed by atoms with Crippen LogP contribution in [0, 0.1) is 0 Å². The van der Waals surface area contributed by atoms with Crippen LogP contribution in [0.1, 0.15) is 40.1 Å². The first-order valence-corrected chi connectivity index (χ1v) is 15.5. The minimum absolute atomic E-state index is 0.173. The zero-order chi connectivity index (χ0) is 29.6. The molecule has 1 aromatic carbocycles. The maximum Gasteiger partial charge on any atom is 0.407 e. The van der Waals surface area contributed by atoms with Crippen molar-refractivity contribution in [3.8, 4) is 0 Å². The van der Waals surface area contributed by atoms with E-state index < -0.39 is 18.2 Å². The number of carbonyl (C=O) groups is 3. The van der Waals surface area contributed by atoms with Crippen LogP contribution in [0.2, 0.25) is 0 Å². The van der Waals surface area contributed by atoms with Crippen LogP contribution >= 0.6 is 22.7 Å². The molecule has 3 N–H and O–H groups in total. The lowest BCUT2D eigenvalue weighted by atomic mass is 10.1. The number of urea groups is 1. The lowest BCUT2D eigenvalue weighted by molar-refractivity contribution is -0.134. The summed E-state index contributed by atoms with van der Waals surface area (Å²) in [6, 6.07) is 19.8. The van der Waals surface area contributed by atoms with Gasteiger partial charge in [0.15, 0.2) is 0 Å². The van der Waals surface area contributed by atoms with Gasteiger partial charge in [-0.3, -0.25) is 9.78 Å². The van der Waals surface area contributed by atoms with E-state index in [0.717, 1.165) is 20.9 Å². The smallest absolute Gasteiger partial charge is 0.407 e. The number of carboxylic acid groups (broad SMARTS) is 1. The van der Waals surface area contributed by atoms with Crippen molar-refractivity contribution in [2.24, 2.45) is 0 Å². The number of hydrogen-bond donors (Lipinski definition) is 3. The SMILES string of the molecule is O=C(NCc1cccnc1)N[C@@H](CCCCN(Cc1ccccc1)C(=O)O)C(=O)N(Cc1cccs1)Cc1cccs1. The van der Waals surface area contributed by atoms with E-state index in [2.05, 4.69) is 15.6 Å². The standard InChI is InChI=1S/C31H35N5O4S2/c37-29(36(22-26-12-7-17-41-26)23-27-13-8-18-42-27)28(34-30(38)33-20-25-11-6-15-32-19-25)14-4-5-16-35(31(39)40)21-24-9-2-1-3-10-24/h1-3,6-13,15,17-19,28H,4-5,14,16,20-23H2,(H,39,40)(H2,33,34,38)/t28-/m0/s1. The van der Waals surface area contributed by atoms with Crippen molar-refractivity contribution in [1.82, 2.24) is 25.4 Å². The Morgan fingerprint density at radius 3 is 2.10 bits per heavy atom. The first-order valence-electron chi connectivity index (χ1n) is 13.8. The molecule has 11 heteroatoms. The predicted molar refractivity (Wildman–Crippen MR) is 165 cm³/mol. The highest BCUT2D eigenvalue weighted by atomic mass is 32.1. The van der Waals surface area contributed by atoms with Gasteiger partial charge in [-0.1, -0.05) is 48.5 Å².